The molecule has 0 spiro atoms. The van der Waals surface area contributed by atoms with Crippen molar-refractivity contribution in [3.05, 3.63) is 35.4 Å². The molecule has 1 N–H and O–H groups in total. The molecule has 1 aromatic rings. The maximum Gasteiger partial charge on any atom is 0.0978 e. The summed E-state index contributed by atoms with van der Waals surface area (Å²) in [6.07, 6.45) is 1.45. The van der Waals surface area contributed by atoms with Crippen molar-refractivity contribution in [3.8, 4) is 6.07 Å². The number of aliphatic hydroxyl groups excluding tert-OH is 1. The first-order valence-electron chi connectivity index (χ1n) is 6.48. The Morgan fingerprint density at radius 1 is 1.33 bits per heavy atom. The lowest BCUT2D eigenvalue weighted by atomic mass is 9.74. The summed E-state index contributed by atoms with van der Waals surface area (Å²) < 4.78 is 5.29. The molecular weight excluding hydrogens is 226 g/mol. The van der Waals surface area contributed by atoms with E-state index < -0.39 is 11.5 Å². The molecule has 0 bridgehead atoms. The lowest BCUT2D eigenvalue weighted by Gasteiger charge is -2.35. The van der Waals surface area contributed by atoms with E-state index in [9.17, 15) is 10.4 Å². The van der Waals surface area contributed by atoms with Crippen LogP contribution in [0.25, 0.3) is 0 Å². The lowest BCUT2D eigenvalue weighted by Crippen LogP contribution is -2.34. The van der Waals surface area contributed by atoms with Crippen LogP contribution in [0.4, 0.5) is 0 Å². The highest BCUT2D eigenvalue weighted by atomic mass is 16.5. The van der Waals surface area contributed by atoms with Crippen molar-refractivity contribution < 1.29 is 9.84 Å². The van der Waals surface area contributed by atoms with E-state index in [1.807, 2.05) is 24.3 Å². The molecule has 0 aromatic heterocycles. The van der Waals surface area contributed by atoms with Crippen LogP contribution in [0, 0.1) is 16.7 Å². The number of rotatable bonds is 3. The molecule has 0 saturated carbocycles. The van der Waals surface area contributed by atoms with Crippen LogP contribution in [0.15, 0.2) is 24.3 Å². The van der Waals surface area contributed by atoms with Crippen molar-refractivity contribution in [2.45, 2.75) is 32.3 Å². The summed E-state index contributed by atoms with van der Waals surface area (Å²) in [6.45, 7) is 3.20. The number of nitrogens with zero attached hydrogens (tertiary/aromatic N) is 1. The van der Waals surface area contributed by atoms with Gasteiger partial charge in [-0.2, -0.15) is 5.26 Å². The molecule has 3 heteroatoms. The number of aryl methyl sites for hydroxylation is 1. The van der Waals surface area contributed by atoms with Gasteiger partial charge in [-0.15, -0.1) is 0 Å². The SMILES string of the molecule is CCc1ccc(C(O)C2(C#N)CCOCC2)cc1. The maximum atomic E-state index is 10.5. The van der Waals surface area contributed by atoms with E-state index in [-0.39, 0.29) is 0 Å². The van der Waals surface area contributed by atoms with Gasteiger partial charge in [-0.05, 0) is 30.4 Å². The van der Waals surface area contributed by atoms with Gasteiger partial charge in [0.05, 0.1) is 17.6 Å². The van der Waals surface area contributed by atoms with Gasteiger partial charge in [-0.1, -0.05) is 31.2 Å². The highest BCUT2D eigenvalue weighted by molar-refractivity contribution is 5.27. The molecular formula is C15H19NO2. The quantitative estimate of drug-likeness (QED) is 0.890. The summed E-state index contributed by atoms with van der Waals surface area (Å²) in [5, 5.41) is 19.9. The van der Waals surface area contributed by atoms with Crippen molar-refractivity contribution in [2.75, 3.05) is 13.2 Å². The first-order chi connectivity index (χ1) is 8.72. The van der Waals surface area contributed by atoms with Gasteiger partial charge in [0, 0.05) is 13.2 Å². The van der Waals surface area contributed by atoms with Crippen molar-refractivity contribution in [2.24, 2.45) is 5.41 Å². The normalized spacial score (nSPS) is 20.1. The molecule has 0 radical (unpaired) electrons. The molecule has 1 aliphatic heterocycles. The second kappa shape index (κ2) is 5.51. The van der Waals surface area contributed by atoms with Crippen LogP contribution in [0.3, 0.4) is 0 Å². The Labute approximate surface area is 108 Å². The third-order valence-electron chi connectivity index (χ3n) is 3.83. The topological polar surface area (TPSA) is 53.2 Å². The molecule has 3 nitrogen and oxygen atoms in total. The molecule has 1 aromatic carbocycles. The van der Waals surface area contributed by atoms with Crippen LogP contribution < -0.4 is 0 Å². The van der Waals surface area contributed by atoms with Crippen molar-refractivity contribution >= 4 is 0 Å². The molecule has 18 heavy (non-hydrogen) atoms. The van der Waals surface area contributed by atoms with E-state index in [0.29, 0.717) is 26.1 Å². The minimum atomic E-state index is -0.725. The smallest absolute Gasteiger partial charge is 0.0978 e. The highest BCUT2D eigenvalue weighted by Crippen LogP contribution is 2.41. The highest BCUT2D eigenvalue weighted by Gasteiger charge is 2.40. The van der Waals surface area contributed by atoms with Crippen molar-refractivity contribution in [1.82, 2.24) is 0 Å². The number of aliphatic hydroxyl groups is 1. The van der Waals surface area contributed by atoms with Gasteiger partial charge in [-0.25, -0.2) is 0 Å². The fraction of sp³-hybridized carbons (Fsp3) is 0.533. The van der Waals surface area contributed by atoms with Gasteiger partial charge < -0.3 is 9.84 Å². The Kier molecular flexibility index (Phi) is 4.00. The fourth-order valence-electron chi connectivity index (χ4n) is 2.44. The monoisotopic (exact) mass is 245 g/mol. The first kappa shape index (κ1) is 13.1. The summed E-state index contributed by atoms with van der Waals surface area (Å²) in [5.41, 5.74) is 1.38. The Morgan fingerprint density at radius 3 is 2.44 bits per heavy atom. The Balaban J connectivity index is 2.22. The van der Waals surface area contributed by atoms with Crippen molar-refractivity contribution in [3.63, 3.8) is 0 Å². The zero-order chi connectivity index (χ0) is 13.0. The summed E-state index contributed by atoms with van der Waals surface area (Å²) in [6, 6.07) is 10.2. The summed E-state index contributed by atoms with van der Waals surface area (Å²) in [7, 11) is 0. The van der Waals surface area contributed by atoms with Crippen LogP contribution in [0.2, 0.25) is 0 Å². The minimum Gasteiger partial charge on any atom is -0.387 e. The predicted molar refractivity (Wildman–Crippen MR) is 68.9 cm³/mol. The van der Waals surface area contributed by atoms with Crippen LogP contribution in [-0.2, 0) is 11.2 Å². The second-order valence-electron chi connectivity index (χ2n) is 4.88. The molecule has 1 aliphatic rings. The van der Waals surface area contributed by atoms with Gasteiger partial charge in [0.2, 0.25) is 0 Å². The van der Waals surface area contributed by atoms with Crippen molar-refractivity contribution in [1.29, 1.82) is 5.26 Å². The van der Waals surface area contributed by atoms with Crippen LogP contribution in [0.1, 0.15) is 37.0 Å². The van der Waals surface area contributed by atoms with Crippen LogP contribution in [-0.4, -0.2) is 18.3 Å². The Bertz CT molecular complexity index is 427. The number of hydrogen-bond donors (Lipinski definition) is 1. The Hall–Kier alpha value is -1.37. The molecule has 1 atom stereocenters. The third kappa shape index (κ3) is 2.40. The lowest BCUT2D eigenvalue weighted by molar-refractivity contribution is -0.0310. The van der Waals surface area contributed by atoms with E-state index in [1.165, 1.54) is 5.56 Å². The van der Waals surface area contributed by atoms with E-state index in [4.69, 9.17) is 4.74 Å². The minimum absolute atomic E-state index is 0.553. The standard InChI is InChI=1S/C15H19NO2/c1-2-12-3-5-13(6-4-12)14(17)15(11-16)7-9-18-10-8-15/h3-6,14,17H,2,7-10H2,1H3. The molecule has 1 unspecified atom stereocenters. The number of ether oxygens (including phenoxy) is 1. The van der Waals surface area contributed by atoms with Crippen LogP contribution in [0.5, 0.6) is 0 Å². The zero-order valence-corrected chi connectivity index (χ0v) is 10.7. The second-order valence-corrected chi connectivity index (χ2v) is 4.88. The number of benzene rings is 1. The summed E-state index contributed by atoms with van der Waals surface area (Å²) in [4.78, 5) is 0. The average Bonchev–Trinajstić information content (AvgIpc) is 2.47. The molecule has 2 rings (SSSR count). The average molecular weight is 245 g/mol. The van der Waals surface area contributed by atoms with Gasteiger partial charge in [0.25, 0.3) is 0 Å². The van der Waals surface area contributed by atoms with Gasteiger partial charge >= 0.3 is 0 Å². The van der Waals surface area contributed by atoms with Crippen LogP contribution >= 0.6 is 0 Å². The molecule has 0 aliphatic carbocycles. The van der Waals surface area contributed by atoms with E-state index in [1.54, 1.807) is 0 Å². The van der Waals surface area contributed by atoms with E-state index >= 15 is 0 Å². The van der Waals surface area contributed by atoms with E-state index in [2.05, 4.69) is 13.0 Å². The molecule has 1 fully saturated rings. The number of nitriles is 1. The summed E-state index contributed by atoms with van der Waals surface area (Å²) >= 11 is 0. The fourth-order valence-corrected chi connectivity index (χ4v) is 2.44. The molecule has 1 heterocycles. The molecule has 96 valence electrons. The number of hydrogen-bond acceptors (Lipinski definition) is 3. The van der Waals surface area contributed by atoms with E-state index in [0.717, 1.165) is 12.0 Å². The Morgan fingerprint density at radius 2 is 1.94 bits per heavy atom. The van der Waals surface area contributed by atoms with Gasteiger partial charge in [-0.3, -0.25) is 0 Å². The largest absolute Gasteiger partial charge is 0.387 e. The molecule has 0 amide bonds. The predicted octanol–water partition coefficient (Wildman–Crippen LogP) is 2.60. The van der Waals surface area contributed by atoms with Gasteiger partial charge in [0.15, 0.2) is 0 Å². The first-order valence-corrected chi connectivity index (χ1v) is 6.48. The molecule has 1 saturated heterocycles. The zero-order valence-electron chi connectivity index (χ0n) is 10.7. The van der Waals surface area contributed by atoms with Gasteiger partial charge in [0.1, 0.15) is 0 Å². The maximum absolute atomic E-state index is 10.5. The third-order valence-corrected chi connectivity index (χ3v) is 3.83. The summed E-state index contributed by atoms with van der Waals surface area (Å²) in [5.74, 6) is 0.